The summed E-state index contributed by atoms with van der Waals surface area (Å²) < 4.78 is 1.28. The van der Waals surface area contributed by atoms with Crippen molar-refractivity contribution in [1.29, 1.82) is 0 Å². The summed E-state index contributed by atoms with van der Waals surface area (Å²) in [7, 11) is 0. The highest BCUT2D eigenvalue weighted by atomic mass is 35.5. The van der Waals surface area contributed by atoms with Crippen LogP contribution in [0.15, 0.2) is 41.5 Å². The van der Waals surface area contributed by atoms with Gasteiger partial charge in [-0.15, -0.1) is 0 Å². The zero-order valence-corrected chi connectivity index (χ0v) is 10.5. The summed E-state index contributed by atoms with van der Waals surface area (Å²) in [6.07, 6.45) is 3.07. The molecule has 2 aromatic rings. The van der Waals surface area contributed by atoms with E-state index in [1.54, 1.807) is 30.5 Å². The van der Waals surface area contributed by atoms with Crippen LogP contribution < -0.4 is 5.69 Å². The van der Waals surface area contributed by atoms with Gasteiger partial charge in [0.15, 0.2) is 5.78 Å². The second-order valence-corrected chi connectivity index (χ2v) is 4.35. The predicted molar refractivity (Wildman–Crippen MR) is 69.0 cm³/mol. The van der Waals surface area contributed by atoms with E-state index >= 15 is 0 Å². The molecule has 0 N–H and O–H groups in total. The molecule has 0 saturated carbocycles. The fraction of sp³-hybridized carbons (Fsp3) is 0.154. The minimum absolute atomic E-state index is 0.0583. The van der Waals surface area contributed by atoms with Crippen LogP contribution in [0.4, 0.5) is 0 Å². The van der Waals surface area contributed by atoms with Crippen LogP contribution in [-0.2, 0) is 6.54 Å². The number of ketones is 1. The lowest BCUT2D eigenvalue weighted by Gasteiger charge is -2.06. The number of aromatic nitrogens is 2. The normalized spacial score (nSPS) is 10.3. The fourth-order valence-electron chi connectivity index (χ4n) is 1.61. The first-order chi connectivity index (χ1) is 8.58. The molecule has 1 aromatic heterocycles. The molecule has 0 spiro atoms. The Hall–Kier alpha value is -1.94. The summed E-state index contributed by atoms with van der Waals surface area (Å²) in [6.45, 7) is 1.75. The van der Waals surface area contributed by atoms with Crippen LogP contribution in [0, 0.1) is 6.92 Å². The molecule has 0 amide bonds. The van der Waals surface area contributed by atoms with Crippen molar-refractivity contribution in [2.45, 2.75) is 13.5 Å². The first kappa shape index (κ1) is 12.5. The molecule has 92 valence electrons. The molecule has 0 aliphatic carbocycles. The lowest BCUT2D eigenvalue weighted by molar-refractivity contribution is 0.0970. The molecule has 0 aliphatic heterocycles. The van der Waals surface area contributed by atoms with E-state index in [1.807, 2.05) is 6.92 Å². The number of rotatable bonds is 3. The van der Waals surface area contributed by atoms with Gasteiger partial charge in [-0.25, -0.2) is 9.78 Å². The minimum Gasteiger partial charge on any atom is -0.292 e. The monoisotopic (exact) mass is 262 g/mol. The van der Waals surface area contributed by atoms with Crippen LogP contribution in [0.2, 0.25) is 5.02 Å². The Morgan fingerprint density at radius 1 is 1.39 bits per heavy atom. The van der Waals surface area contributed by atoms with Crippen molar-refractivity contribution in [3.05, 3.63) is 63.3 Å². The molecule has 4 nitrogen and oxygen atoms in total. The second-order valence-electron chi connectivity index (χ2n) is 3.94. The molecule has 18 heavy (non-hydrogen) atoms. The Balaban J connectivity index is 2.30. The molecule has 0 saturated heterocycles. The molecule has 1 heterocycles. The Morgan fingerprint density at radius 3 is 2.83 bits per heavy atom. The van der Waals surface area contributed by atoms with E-state index in [9.17, 15) is 9.59 Å². The first-order valence-electron chi connectivity index (χ1n) is 5.39. The topological polar surface area (TPSA) is 52.0 Å². The Labute approximate surface area is 109 Å². The van der Waals surface area contributed by atoms with Crippen molar-refractivity contribution in [1.82, 2.24) is 9.55 Å². The summed E-state index contributed by atoms with van der Waals surface area (Å²) in [6, 6.07) is 6.76. The molecule has 0 atom stereocenters. The van der Waals surface area contributed by atoms with Gasteiger partial charge in [0.1, 0.15) is 0 Å². The highest BCUT2D eigenvalue weighted by molar-refractivity contribution is 6.33. The lowest BCUT2D eigenvalue weighted by atomic mass is 10.1. The molecular weight excluding hydrogens is 252 g/mol. The largest absolute Gasteiger partial charge is 0.347 e. The summed E-state index contributed by atoms with van der Waals surface area (Å²) in [5, 5.41) is 0.385. The molecule has 2 rings (SSSR count). The van der Waals surface area contributed by atoms with Gasteiger partial charge < -0.3 is 0 Å². The molecule has 0 unspecified atom stereocenters. The maximum atomic E-state index is 12.0. The van der Waals surface area contributed by atoms with Gasteiger partial charge >= 0.3 is 5.69 Å². The second kappa shape index (κ2) is 5.14. The van der Waals surface area contributed by atoms with Gasteiger partial charge in [0.2, 0.25) is 0 Å². The van der Waals surface area contributed by atoms with Crippen LogP contribution in [-0.4, -0.2) is 15.3 Å². The van der Waals surface area contributed by atoms with Crippen LogP contribution >= 0.6 is 11.6 Å². The van der Waals surface area contributed by atoms with E-state index < -0.39 is 5.69 Å². The van der Waals surface area contributed by atoms with Crippen molar-refractivity contribution >= 4 is 17.4 Å². The molecule has 5 heteroatoms. The van der Waals surface area contributed by atoms with Crippen LogP contribution in [0.1, 0.15) is 15.9 Å². The number of hydrogen-bond donors (Lipinski definition) is 0. The minimum atomic E-state index is -0.444. The summed E-state index contributed by atoms with van der Waals surface area (Å²) in [5.41, 5.74) is 0.787. The fourth-order valence-corrected chi connectivity index (χ4v) is 1.85. The predicted octanol–water partition coefficient (Wildman–Crippen LogP) is 2.09. The van der Waals surface area contributed by atoms with Gasteiger partial charge in [-0.2, -0.15) is 0 Å². The molecule has 0 aliphatic rings. The standard InChI is InChI=1S/C13H11ClN2O2/c1-9-6-15-13(18)16(7-9)8-12(17)10-4-2-3-5-11(10)14/h2-7H,8H2,1H3. The zero-order valence-electron chi connectivity index (χ0n) is 9.76. The number of carbonyl (C=O) groups excluding carboxylic acids is 1. The maximum absolute atomic E-state index is 12.0. The van der Waals surface area contributed by atoms with Gasteiger partial charge in [0, 0.05) is 18.0 Å². The zero-order chi connectivity index (χ0) is 13.1. The number of hydrogen-bond acceptors (Lipinski definition) is 3. The van der Waals surface area contributed by atoms with Crippen molar-refractivity contribution in [2.75, 3.05) is 0 Å². The summed E-state index contributed by atoms with van der Waals surface area (Å²) in [5.74, 6) is -0.213. The highest BCUT2D eigenvalue weighted by Gasteiger charge is 2.11. The number of benzene rings is 1. The van der Waals surface area contributed by atoms with Gasteiger partial charge in [-0.3, -0.25) is 9.36 Å². The van der Waals surface area contributed by atoms with E-state index in [0.29, 0.717) is 10.6 Å². The lowest BCUT2D eigenvalue weighted by Crippen LogP contribution is -2.26. The molecule has 0 bridgehead atoms. The first-order valence-corrected chi connectivity index (χ1v) is 5.76. The highest BCUT2D eigenvalue weighted by Crippen LogP contribution is 2.15. The van der Waals surface area contributed by atoms with Gasteiger partial charge in [-0.05, 0) is 24.6 Å². The number of carbonyl (C=O) groups is 1. The van der Waals surface area contributed by atoms with E-state index in [1.165, 1.54) is 10.8 Å². The summed E-state index contributed by atoms with van der Waals surface area (Å²) >= 11 is 5.93. The van der Waals surface area contributed by atoms with E-state index in [0.717, 1.165) is 5.56 Å². The molecule has 0 fully saturated rings. The van der Waals surface area contributed by atoms with E-state index in [4.69, 9.17) is 11.6 Å². The third-order valence-electron chi connectivity index (χ3n) is 2.47. The molecular formula is C13H11ClN2O2. The van der Waals surface area contributed by atoms with Crippen molar-refractivity contribution in [3.63, 3.8) is 0 Å². The Kier molecular flexibility index (Phi) is 3.58. The van der Waals surface area contributed by atoms with Crippen LogP contribution in [0.3, 0.4) is 0 Å². The van der Waals surface area contributed by atoms with Gasteiger partial charge in [0.25, 0.3) is 0 Å². The van der Waals surface area contributed by atoms with Gasteiger partial charge in [0.05, 0.1) is 11.6 Å². The Morgan fingerprint density at radius 2 is 2.11 bits per heavy atom. The van der Waals surface area contributed by atoms with Gasteiger partial charge in [-0.1, -0.05) is 23.7 Å². The number of halogens is 1. The number of aryl methyl sites for hydroxylation is 1. The van der Waals surface area contributed by atoms with Crippen molar-refractivity contribution in [3.8, 4) is 0 Å². The average molecular weight is 263 g/mol. The smallest absolute Gasteiger partial charge is 0.292 e. The van der Waals surface area contributed by atoms with E-state index in [2.05, 4.69) is 4.98 Å². The summed E-state index contributed by atoms with van der Waals surface area (Å²) in [4.78, 5) is 27.2. The van der Waals surface area contributed by atoms with Crippen molar-refractivity contribution in [2.24, 2.45) is 0 Å². The molecule has 1 aromatic carbocycles. The van der Waals surface area contributed by atoms with Crippen molar-refractivity contribution < 1.29 is 4.79 Å². The van der Waals surface area contributed by atoms with Crippen LogP contribution in [0.25, 0.3) is 0 Å². The third kappa shape index (κ3) is 2.65. The molecule has 0 radical (unpaired) electrons. The third-order valence-corrected chi connectivity index (χ3v) is 2.80. The SMILES string of the molecule is Cc1cnc(=O)n(CC(=O)c2ccccc2Cl)c1. The average Bonchev–Trinajstić information content (AvgIpc) is 2.34. The van der Waals surface area contributed by atoms with E-state index in [-0.39, 0.29) is 12.3 Å². The maximum Gasteiger partial charge on any atom is 0.347 e. The number of Topliss-reactive ketones (excluding diaryl/α,β-unsaturated/α-hetero) is 1. The van der Waals surface area contributed by atoms with Crippen LogP contribution in [0.5, 0.6) is 0 Å². The Bertz CT molecular complexity index is 649. The number of nitrogens with zero attached hydrogens (tertiary/aromatic N) is 2. The quantitative estimate of drug-likeness (QED) is 0.796.